The summed E-state index contributed by atoms with van der Waals surface area (Å²) in [5.74, 6) is -3.69. The number of fused-ring (bicyclic) bond motifs is 2. The highest BCUT2D eigenvalue weighted by atomic mass is 79.9. The van der Waals surface area contributed by atoms with Crippen molar-refractivity contribution in [1.29, 1.82) is 0 Å². The van der Waals surface area contributed by atoms with Crippen molar-refractivity contribution in [2.45, 2.75) is 54.5 Å². The van der Waals surface area contributed by atoms with Gasteiger partial charge >= 0.3 is 5.97 Å². The number of carbonyl (C=O) groups excluding carboxylic acids is 4. The third kappa shape index (κ3) is 6.40. The maximum absolute atomic E-state index is 14.6. The van der Waals surface area contributed by atoms with Crippen molar-refractivity contribution < 1.29 is 33.8 Å². The van der Waals surface area contributed by atoms with E-state index in [2.05, 4.69) is 44.7 Å². The largest absolute Gasteiger partial charge is 0.463 e. The van der Waals surface area contributed by atoms with Crippen LogP contribution in [-0.4, -0.2) is 102 Å². The molecule has 1 aromatic heterocycles. The number of para-hydroxylation sites is 1. The fourth-order valence-corrected chi connectivity index (χ4v) is 8.37. The smallest absolute Gasteiger partial charge is 0.306 e. The molecule has 7 atom stereocenters. The van der Waals surface area contributed by atoms with Crippen LogP contribution in [0.25, 0.3) is 11.0 Å². The predicted octanol–water partition coefficient (Wildman–Crippen LogP) is 2.51. The Morgan fingerprint density at radius 1 is 1.16 bits per heavy atom. The van der Waals surface area contributed by atoms with Gasteiger partial charge in [-0.15, -0.1) is 18.3 Å². The number of ether oxygens (including phenoxy) is 2. The number of benzene rings is 2. The molecule has 3 fully saturated rings. The first-order valence-corrected chi connectivity index (χ1v) is 17.2. The summed E-state index contributed by atoms with van der Waals surface area (Å²) in [5.41, 5.74) is 0.770. The van der Waals surface area contributed by atoms with Crippen LogP contribution < -0.4 is 5.32 Å². The number of amides is 3. The molecule has 3 aliphatic heterocycles. The van der Waals surface area contributed by atoms with Gasteiger partial charge in [0.25, 0.3) is 0 Å². The van der Waals surface area contributed by atoms with E-state index in [0.29, 0.717) is 18.4 Å². The van der Waals surface area contributed by atoms with Gasteiger partial charge in [-0.3, -0.25) is 19.2 Å². The van der Waals surface area contributed by atoms with Crippen LogP contribution in [0.4, 0.5) is 0 Å². The molecule has 2 N–H and O–H groups in total. The number of hydrogen-bond acceptors (Lipinski definition) is 9. The SMILES string of the molecule is C=CCCC(=O)OC[C@@H](NC(=O)[C@H]1[C@@H]2O[C@@]3(CC2Br)[C@@H]1C(=O)N(CCO)[C@@H]3C(=O)N(CC=C)Cn1nnc2ccccc21)c1ccccc1. The summed E-state index contributed by atoms with van der Waals surface area (Å²) in [6.45, 7) is 7.01. The fourth-order valence-electron chi connectivity index (χ4n) is 7.43. The van der Waals surface area contributed by atoms with Crippen molar-refractivity contribution in [2.24, 2.45) is 11.8 Å². The Morgan fingerprint density at radius 2 is 1.92 bits per heavy atom. The summed E-state index contributed by atoms with van der Waals surface area (Å²) in [5, 5.41) is 21.5. The number of aliphatic hydroxyl groups is 1. The van der Waals surface area contributed by atoms with Gasteiger partial charge in [-0.05, 0) is 30.5 Å². The zero-order valence-corrected chi connectivity index (χ0v) is 28.5. The van der Waals surface area contributed by atoms with E-state index < -0.39 is 65.9 Å². The van der Waals surface area contributed by atoms with Gasteiger partial charge in [-0.1, -0.05) is 75.8 Å². The van der Waals surface area contributed by atoms with Crippen LogP contribution in [0.2, 0.25) is 0 Å². The first-order valence-electron chi connectivity index (χ1n) is 16.3. The van der Waals surface area contributed by atoms with Crippen molar-refractivity contribution in [3.8, 4) is 0 Å². The molecule has 49 heavy (non-hydrogen) atoms. The van der Waals surface area contributed by atoms with Gasteiger partial charge in [0, 0.05) is 24.3 Å². The van der Waals surface area contributed by atoms with Crippen LogP contribution in [0, 0.1) is 11.8 Å². The fraction of sp³-hybridized carbons (Fsp3) is 0.429. The molecule has 0 aliphatic carbocycles. The number of rotatable bonds is 15. The molecule has 3 saturated heterocycles. The summed E-state index contributed by atoms with van der Waals surface area (Å²) in [6.07, 6.45) is 3.43. The Balaban J connectivity index is 1.29. The van der Waals surface area contributed by atoms with Crippen LogP contribution in [0.5, 0.6) is 0 Å². The molecule has 1 unspecified atom stereocenters. The molecule has 258 valence electrons. The third-order valence-electron chi connectivity index (χ3n) is 9.53. The molecule has 13 nitrogen and oxygen atoms in total. The standard InChI is InChI=1S/C35H39BrN6O7/c1-3-5-15-27(44)48-20-25(22-11-7-6-8-12-22)37-32(45)28-29-33(46)41(17-18-43)31(35(29)19-23(36)30(28)49-35)34(47)40(16-4-2)21-42-26-14-10-9-13-24(26)38-39-42/h3-4,6-14,23,25,28-31,43H,1-2,5,15-21H2,(H,37,45)/t23?,25-,28-,29+,30-,31-,35+/m1/s1. The van der Waals surface area contributed by atoms with Crippen molar-refractivity contribution in [3.63, 3.8) is 0 Å². The molecular formula is C35H39BrN6O7. The molecule has 6 rings (SSSR count). The lowest BCUT2D eigenvalue weighted by molar-refractivity contribution is -0.149. The van der Waals surface area contributed by atoms with E-state index in [1.165, 1.54) is 9.80 Å². The highest BCUT2D eigenvalue weighted by Crippen LogP contribution is 2.60. The second-order valence-electron chi connectivity index (χ2n) is 12.5. The van der Waals surface area contributed by atoms with Gasteiger partial charge in [0.2, 0.25) is 17.7 Å². The van der Waals surface area contributed by atoms with Gasteiger partial charge < -0.3 is 29.7 Å². The van der Waals surface area contributed by atoms with E-state index in [1.54, 1.807) is 16.8 Å². The molecular weight excluding hydrogens is 696 g/mol. The normalized spacial score (nSPS) is 26.0. The minimum absolute atomic E-state index is 0.0269. The average molecular weight is 736 g/mol. The van der Waals surface area contributed by atoms with Crippen molar-refractivity contribution in [2.75, 3.05) is 26.3 Å². The first-order chi connectivity index (χ1) is 23.7. The summed E-state index contributed by atoms with van der Waals surface area (Å²) in [4.78, 5) is 58.0. The van der Waals surface area contributed by atoms with Crippen molar-refractivity contribution >= 4 is 50.7 Å². The zero-order valence-electron chi connectivity index (χ0n) is 26.9. The van der Waals surface area contributed by atoms with Crippen LogP contribution in [-0.2, 0) is 35.3 Å². The second kappa shape index (κ2) is 14.6. The van der Waals surface area contributed by atoms with E-state index in [1.807, 2.05) is 54.6 Å². The molecule has 0 saturated carbocycles. The van der Waals surface area contributed by atoms with E-state index >= 15 is 0 Å². The number of aromatic nitrogens is 3. The van der Waals surface area contributed by atoms with Gasteiger partial charge in [0.1, 0.15) is 30.4 Å². The maximum Gasteiger partial charge on any atom is 0.306 e. The number of nitrogens with zero attached hydrogens (tertiary/aromatic N) is 5. The van der Waals surface area contributed by atoms with Gasteiger partial charge in [-0.2, -0.15) is 0 Å². The number of likely N-dealkylation sites (tertiary alicyclic amines) is 1. The summed E-state index contributed by atoms with van der Waals surface area (Å²) in [7, 11) is 0. The lowest BCUT2D eigenvalue weighted by Gasteiger charge is -2.37. The molecule has 4 heterocycles. The number of nitrogens with one attached hydrogen (secondary N) is 1. The van der Waals surface area contributed by atoms with E-state index in [0.717, 1.165) is 11.1 Å². The van der Waals surface area contributed by atoms with Gasteiger partial charge in [0.05, 0.1) is 36.1 Å². The van der Waals surface area contributed by atoms with Crippen molar-refractivity contribution in [3.05, 3.63) is 85.5 Å². The molecule has 3 amide bonds. The minimum atomic E-state index is -1.34. The van der Waals surface area contributed by atoms with Crippen LogP contribution in [0.3, 0.4) is 0 Å². The third-order valence-corrected chi connectivity index (χ3v) is 10.4. The Bertz CT molecular complexity index is 1740. The Morgan fingerprint density at radius 3 is 2.65 bits per heavy atom. The number of hydrogen-bond donors (Lipinski definition) is 2. The Kier molecular flexibility index (Phi) is 10.3. The number of halogens is 1. The molecule has 1 spiro atoms. The van der Waals surface area contributed by atoms with Crippen LogP contribution in [0.15, 0.2) is 79.9 Å². The first kappa shape index (κ1) is 34.5. The number of β-amino-alcohol motifs (C(OH)–C–C–N with tert-alkyl or cyclic N) is 1. The van der Waals surface area contributed by atoms with E-state index in [9.17, 15) is 24.3 Å². The summed E-state index contributed by atoms with van der Waals surface area (Å²) >= 11 is 3.69. The Hall–Kier alpha value is -4.40. The van der Waals surface area contributed by atoms with Gasteiger partial charge in [0.15, 0.2) is 0 Å². The van der Waals surface area contributed by atoms with Gasteiger partial charge in [-0.25, -0.2) is 4.68 Å². The van der Waals surface area contributed by atoms with Crippen LogP contribution in [0.1, 0.15) is 30.9 Å². The van der Waals surface area contributed by atoms with Crippen molar-refractivity contribution in [1.82, 2.24) is 30.1 Å². The zero-order chi connectivity index (χ0) is 34.7. The summed E-state index contributed by atoms with van der Waals surface area (Å²) < 4.78 is 13.7. The maximum atomic E-state index is 14.6. The molecule has 2 aromatic carbocycles. The molecule has 0 radical (unpaired) electrons. The number of alkyl halides is 1. The van der Waals surface area contributed by atoms with E-state index in [4.69, 9.17) is 9.47 Å². The monoisotopic (exact) mass is 734 g/mol. The number of esters is 1. The lowest BCUT2D eigenvalue weighted by Crippen LogP contribution is -2.57. The quantitative estimate of drug-likeness (QED) is 0.136. The molecule has 14 heteroatoms. The number of carbonyl (C=O) groups is 4. The number of allylic oxidation sites excluding steroid dienone is 1. The highest BCUT2D eigenvalue weighted by Gasteiger charge is 2.76. The second-order valence-corrected chi connectivity index (χ2v) is 13.6. The molecule has 3 aromatic rings. The average Bonchev–Trinajstić information content (AvgIpc) is 3.83. The molecule has 2 bridgehead atoms. The highest BCUT2D eigenvalue weighted by molar-refractivity contribution is 9.09. The summed E-state index contributed by atoms with van der Waals surface area (Å²) in [6, 6.07) is 14.7. The Labute approximate surface area is 292 Å². The predicted molar refractivity (Wildman–Crippen MR) is 182 cm³/mol. The lowest BCUT2D eigenvalue weighted by atomic mass is 9.70. The molecule has 3 aliphatic rings. The topological polar surface area (TPSA) is 156 Å². The number of aliphatic hydroxyl groups excluding tert-OH is 1. The minimum Gasteiger partial charge on any atom is -0.463 e. The van der Waals surface area contributed by atoms with E-state index in [-0.39, 0.29) is 37.6 Å². The van der Waals surface area contributed by atoms with Crippen LogP contribution >= 0.6 is 15.9 Å².